The van der Waals surface area contributed by atoms with Gasteiger partial charge in [0, 0.05) is 12.3 Å². The number of benzene rings is 1. The highest BCUT2D eigenvalue weighted by molar-refractivity contribution is 5.27. The molecule has 1 aliphatic carbocycles. The van der Waals surface area contributed by atoms with Crippen LogP contribution in [0.1, 0.15) is 108 Å². The average molecular weight is 419 g/mol. The molecule has 2 fully saturated rings. The third-order valence-corrected chi connectivity index (χ3v) is 7.37. The fourth-order valence-corrected chi connectivity index (χ4v) is 5.15. The van der Waals surface area contributed by atoms with Crippen molar-refractivity contribution in [3.63, 3.8) is 0 Å². The third-order valence-electron chi connectivity index (χ3n) is 7.37. The second-order valence-corrected chi connectivity index (χ2v) is 9.68. The molecule has 3 heteroatoms. The van der Waals surface area contributed by atoms with E-state index in [1.165, 1.54) is 76.2 Å². The molecule has 0 spiro atoms. The number of aryl methyl sites for hydroxylation is 1. The molecule has 1 heterocycles. The van der Waals surface area contributed by atoms with Crippen LogP contribution in [0.5, 0.6) is 0 Å². The maximum Gasteiger partial charge on any atom is 0.157 e. The van der Waals surface area contributed by atoms with Crippen LogP contribution < -0.4 is 0 Å². The lowest BCUT2D eigenvalue weighted by Crippen LogP contribution is -2.32. The molecule has 1 saturated carbocycles. The van der Waals surface area contributed by atoms with Gasteiger partial charge in [0.05, 0.1) is 13.2 Å². The first-order valence-electron chi connectivity index (χ1n) is 12.7. The molecule has 0 amide bonds. The van der Waals surface area contributed by atoms with Gasteiger partial charge in [-0.15, -0.1) is 0 Å². The molecular weight excluding hydrogens is 375 g/mol. The molecule has 2 nitrogen and oxygen atoms in total. The van der Waals surface area contributed by atoms with Crippen molar-refractivity contribution < 1.29 is 13.9 Å². The standard InChI is InChI=1S/C27H43FO2/c1-3-5-6-7-8-9-22-19-29-27(30-20-22)17-16-24-14-15-25(18-26(24)28)23-12-10-21(4-2)11-13-23/h14-15,18,21-23,27H,3-13,16-17,19-20H2,1-2H3/t21-,22?,23-,27?. The quantitative estimate of drug-likeness (QED) is 0.341. The van der Waals surface area contributed by atoms with Gasteiger partial charge in [0.1, 0.15) is 5.82 Å². The van der Waals surface area contributed by atoms with Crippen LogP contribution >= 0.6 is 0 Å². The Morgan fingerprint density at radius 1 is 0.867 bits per heavy atom. The van der Waals surface area contributed by atoms with Gasteiger partial charge in [0.15, 0.2) is 6.29 Å². The lowest BCUT2D eigenvalue weighted by atomic mass is 9.77. The number of hydrogen-bond donors (Lipinski definition) is 0. The summed E-state index contributed by atoms with van der Waals surface area (Å²) in [5.74, 6) is 1.90. The topological polar surface area (TPSA) is 18.5 Å². The van der Waals surface area contributed by atoms with E-state index in [-0.39, 0.29) is 12.1 Å². The summed E-state index contributed by atoms with van der Waals surface area (Å²) >= 11 is 0. The van der Waals surface area contributed by atoms with Crippen molar-refractivity contribution in [2.24, 2.45) is 11.8 Å². The van der Waals surface area contributed by atoms with Crippen molar-refractivity contribution in [2.45, 2.75) is 110 Å². The highest BCUT2D eigenvalue weighted by Crippen LogP contribution is 2.37. The zero-order chi connectivity index (χ0) is 21.2. The predicted molar refractivity (Wildman–Crippen MR) is 122 cm³/mol. The molecule has 0 atom stereocenters. The Morgan fingerprint density at radius 2 is 1.60 bits per heavy atom. The van der Waals surface area contributed by atoms with E-state index < -0.39 is 0 Å². The van der Waals surface area contributed by atoms with Gasteiger partial charge < -0.3 is 9.47 Å². The molecule has 1 saturated heterocycles. The second-order valence-electron chi connectivity index (χ2n) is 9.68. The first-order valence-corrected chi connectivity index (χ1v) is 12.7. The van der Waals surface area contributed by atoms with Crippen LogP contribution in [0.2, 0.25) is 0 Å². The van der Waals surface area contributed by atoms with Gasteiger partial charge in [-0.1, -0.05) is 64.5 Å². The fourth-order valence-electron chi connectivity index (χ4n) is 5.15. The van der Waals surface area contributed by atoms with Crippen molar-refractivity contribution >= 4 is 0 Å². The Labute approximate surface area is 183 Å². The molecule has 1 aliphatic heterocycles. The molecule has 0 radical (unpaired) electrons. The van der Waals surface area contributed by atoms with Crippen LogP contribution in [0.15, 0.2) is 18.2 Å². The zero-order valence-electron chi connectivity index (χ0n) is 19.3. The molecule has 0 aromatic heterocycles. The summed E-state index contributed by atoms with van der Waals surface area (Å²) in [6, 6.07) is 5.95. The van der Waals surface area contributed by atoms with Crippen LogP contribution in [0.25, 0.3) is 0 Å². The first-order chi connectivity index (χ1) is 14.7. The van der Waals surface area contributed by atoms with Gasteiger partial charge in [0.25, 0.3) is 0 Å². The Morgan fingerprint density at radius 3 is 2.27 bits per heavy atom. The molecule has 0 N–H and O–H groups in total. The van der Waals surface area contributed by atoms with Crippen molar-refractivity contribution in [1.29, 1.82) is 0 Å². The molecule has 1 aromatic carbocycles. The Bertz CT molecular complexity index is 601. The van der Waals surface area contributed by atoms with E-state index in [2.05, 4.69) is 19.9 Å². The van der Waals surface area contributed by atoms with Crippen LogP contribution in [0, 0.1) is 17.7 Å². The van der Waals surface area contributed by atoms with Gasteiger partial charge in [-0.05, 0) is 67.6 Å². The lowest BCUT2D eigenvalue weighted by Gasteiger charge is -2.30. The molecule has 3 rings (SSSR count). The summed E-state index contributed by atoms with van der Waals surface area (Å²) in [6.45, 7) is 6.12. The number of halogens is 1. The predicted octanol–water partition coefficient (Wildman–Crippen LogP) is 7.79. The molecular formula is C27H43FO2. The Kier molecular flexibility index (Phi) is 10.1. The summed E-state index contributed by atoms with van der Waals surface area (Å²) in [6.07, 6.45) is 15.3. The Hall–Kier alpha value is -0.930. The van der Waals surface area contributed by atoms with E-state index >= 15 is 0 Å². The first kappa shape index (κ1) is 23.7. The van der Waals surface area contributed by atoms with Crippen molar-refractivity contribution in [3.8, 4) is 0 Å². The summed E-state index contributed by atoms with van der Waals surface area (Å²) < 4.78 is 26.6. The van der Waals surface area contributed by atoms with E-state index in [9.17, 15) is 4.39 Å². The van der Waals surface area contributed by atoms with E-state index in [1.54, 1.807) is 6.07 Å². The summed E-state index contributed by atoms with van der Waals surface area (Å²) in [5, 5.41) is 0. The summed E-state index contributed by atoms with van der Waals surface area (Å²) in [5.41, 5.74) is 1.99. The van der Waals surface area contributed by atoms with Gasteiger partial charge >= 0.3 is 0 Å². The minimum Gasteiger partial charge on any atom is -0.352 e. The van der Waals surface area contributed by atoms with Crippen LogP contribution in [0.3, 0.4) is 0 Å². The maximum absolute atomic E-state index is 14.7. The van der Waals surface area contributed by atoms with E-state index in [1.807, 2.05) is 6.07 Å². The van der Waals surface area contributed by atoms with Gasteiger partial charge in [-0.2, -0.15) is 0 Å². The second kappa shape index (κ2) is 12.8. The van der Waals surface area contributed by atoms with Gasteiger partial charge in [-0.3, -0.25) is 0 Å². The molecule has 30 heavy (non-hydrogen) atoms. The van der Waals surface area contributed by atoms with E-state index in [0.29, 0.717) is 18.3 Å². The SMILES string of the molecule is CCCCCCCC1COC(CCc2ccc([C@H]3CC[C@H](CC)CC3)cc2F)OC1. The van der Waals surface area contributed by atoms with Crippen LogP contribution in [0.4, 0.5) is 4.39 Å². The molecule has 0 bridgehead atoms. The molecule has 2 aliphatic rings. The van der Waals surface area contributed by atoms with Crippen molar-refractivity contribution in [1.82, 2.24) is 0 Å². The average Bonchev–Trinajstić information content (AvgIpc) is 2.79. The zero-order valence-corrected chi connectivity index (χ0v) is 19.3. The summed E-state index contributed by atoms with van der Waals surface area (Å²) in [7, 11) is 0. The normalized spacial score (nSPS) is 27.3. The lowest BCUT2D eigenvalue weighted by molar-refractivity contribution is -0.203. The van der Waals surface area contributed by atoms with Gasteiger partial charge in [-0.25, -0.2) is 4.39 Å². The highest BCUT2D eigenvalue weighted by atomic mass is 19.1. The van der Waals surface area contributed by atoms with E-state index in [4.69, 9.17) is 9.47 Å². The minimum atomic E-state index is -0.176. The number of unbranched alkanes of at least 4 members (excludes halogenated alkanes) is 4. The van der Waals surface area contributed by atoms with Crippen LogP contribution in [-0.2, 0) is 15.9 Å². The molecule has 170 valence electrons. The highest BCUT2D eigenvalue weighted by Gasteiger charge is 2.24. The maximum atomic E-state index is 14.7. The minimum absolute atomic E-state index is 0.0501. The third kappa shape index (κ3) is 7.34. The molecule has 0 unspecified atom stereocenters. The van der Waals surface area contributed by atoms with Crippen molar-refractivity contribution in [3.05, 3.63) is 35.1 Å². The summed E-state index contributed by atoms with van der Waals surface area (Å²) in [4.78, 5) is 0. The number of ether oxygens (including phenoxy) is 2. The number of hydrogen-bond acceptors (Lipinski definition) is 2. The number of rotatable bonds is 11. The van der Waals surface area contributed by atoms with E-state index in [0.717, 1.165) is 31.1 Å². The molecule has 1 aromatic rings. The monoisotopic (exact) mass is 418 g/mol. The largest absolute Gasteiger partial charge is 0.352 e. The Balaban J connectivity index is 1.36. The van der Waals surface area contributed by atoms with Gasteiger partial charge in [0.2, 0.25) is 0 Å². The fraction of sp³-hybridized carbons (Fsp3) is 0.778. The smallest absolute Gasteiger partial charge is 0.157 e. The van der Waals surface area contributed by atoms with Crippen LogP contribution in [-0.4, -0.2) is 19.5 Å². The van der Waals surface area contributed by atoms with Crippen molar-refractivity contribution in [2.75, 3.05) is 13.2 Å².